The van der Waals surface area contributed by atoms with Crippen LogP contribution in [0.15, 0.2) is 24.3 Å². The number of carbonyl (C=O) groups is 1. The maximum Gasteiger partial charge on any atom is 0.344 e. The van der Waals surface area contributed by atoms with E-state index >= 15 is 0 Å². The summed E-state index contributed by atoms with van der Waals surface area (Å²) in [5, 5.41) is 10.2. The van der Waals surface area contributed by atoms with E-state index in [4.69, 9.17) is 0 Å². The summed E-state index contributed by atoms with van der Waals surface area (Å²) in [5.74, 6) is -1.95. The van der Waals surface area contributed by atoms with E-state index in [0.717, 1.165) is 6.07 Å². The summed E-state index contributed by atoms with van der Waals surface area (Å²) in [6.45, 7) is 2.99. The zero-order valence-corrected chi connectivity index (χ0v) is 10.3. The van der Waals surface area contributed by atoms with E-state index < -0.39 is 23.6 Å². The molecule has 0 saturated carbocycles. The Bertz CT molecular complexity index is 422. The van der Waals surface area contributed by atoms with Crippen LogP contribution in [0.5, 0.6) is 0 Å². The van der Waals surface area contributed by atoms with Crippen LogP contribution in [-0.4, -0.2) is 23.9 Å². The number of rotatable bonds is 5. The molecular weight excluding hydrogens is 242 g/mol. The van der Waals surface area contributed by atoms with Crippen molar-refractivity contribution in [2.45, 2.75) is 32.0 Å². The minimum absolute atomic E-state index is 0.00365. The van der Waals surface area contributed by atoms with Crippen LogP contribution in [0.1, 0.15) is 25.8 Å². The predicted molar refractivity (Wildman–Crippen MR) is 62.1 cm³/mol. The highest BCUT2D eigenvalue weighted by Gasteiger charge is 2.44. The number of ether oxygens (including phenoxy) is 1. The lowest BCUT2D eigenvalue weighted by atomic mass is 9.86. The lowest BCUT2D eigenvalue weighted by Crippen LogP contribution is -2.43. The molecule has 1 aromatic carbocycles. The first-order valence-electron chi connectivity index (χ1n) is 5.75. The number of alkyl halides is 1. The first kappa shape index (κ1) is 14.6. The van der Waals surface area contributed by atoms with Gasteiger partial charge in [0.25, 0.3) is 0 Å². The first-order chi connectivity index (χ1) is 8.47. The third-order valence-electron chi connectivity index (χ3n) is 2.79. The van der Waals surface area contributed by atoms with Crippen molar-refractivity contribution in [3.8, 4) is 0 Å². The Balaban J connectivity index is 3.13. The molecule has 0 radical (unpaired) electrons. The maximum absolute atomic E-state index is 14.0. The third-order valence-corrected chi connectivity index (χ3v) is 2.79. The highest BCUT2D eigenvalue weighted by atomic mass is 19.1. The van der Waals surface area contributed by atoms with E-state index in [-0.39, 0.29) is 18.6 Å². The van der Waals surface area contributed by atoms with E-state index in [1.54, 1.807) is 0 Å². The molecule has 0 heterocycles. The van der Waals surface area contributed by atoms with Crippen LogP contribution in [-0.2, 0) is 15.1 Å². The van der Waals surface area contributed by atoms with Crippen LogP contribution in [0.3, 0.4) is 0 Å². The Morgan fingerprint density at radius 1 is 1.44 bits per heavy atom. The highest BCUT2D eigenvalue weighted by Crippen LogP contribution is 2.33. The van der Waals surface area contributed by atoms with Gasteiger partial charge in [0.2, 0.25) is 6.17 Å². The standard InChI is InChI=1S/C13H16F2O3/c1-3-13(17,11(15)12(16)18-4-2)9-7-5-6-8-10(9)14/h5-8,11,17H,3-4H2,1-2H3. The molecule has 0 fully saturated rings. The van der Waals surface area contributed by atoms with Crippen molar-refractivity contribution in [3.63, 3.8) is 0 Å². The number of halogens is 2. The van der Waals surface area contributed by atoms with Gasteiger partial charge in [-0.3, -0.25) is 0 Å². The third kappa shape index (κ3) is 2.67. The van der Waals surface area contributed by atoms with Crippen molar-refractivity contribution >= 4 is 5.97 Å². The average Bonchev–Trinajstić information content (AvgIpc) is 2.37. The lowest BCUT2D eigenvalue weighted by molar-refractivity contribution is -0.162. The van der Waals surface area contributed by atoms with Crippen LogP contribution in [0.2, 0.25) is 0 Å². The van der Waals surface area contributed by atoms with Crippen molar-refractivity contribution in [3.05, 3.63) is 35.6 Å². The molecule has 1 rings (SSSR count). The molecule has 0 bridgehead atoms. The molecule has 0 amide bonds. The summed E-state index contributed by atoms with van der Waals surface area (Å²) in [6.07, 6.45) is -2.46. The SMILES string of the molecule is CCOC(=O)C(F)C(O)(CC)c1ccccc1F. The molecule has 1 aromatic rings. The summed E-state index contributed by atoms with van der Waals surface area (Å²) in [5.41, 5.74) is -2.45. The molecule has 18 heavy (non-hydrogen) atoms. The van der Waals surface area contributed by atoms with Crippen molar-refractivity contribution in [2.24, 2.45) is 0 Å². The second kappa shape index (κ2) is 5.91. The highest BCUT2D eigenvalue weighted by molar-refractivity contribution is 5.76. The number of esters is 1. The van der Waals surface area contributed by atoms with Crippen molar-refractivity contribution in [2.75, 3.05) is 6.61 Å². The van der Waals surface area contributed by atoms with Crippen LogP contribution < -0.4 is 0 Å². The fourth-order valence-electron chi connectivity index (χ4n) is 1.73. The normalized spacial score (nSPS) is 15.8. The molecule has 0 aromatic heterocycles. The van der Waals surface area contributed by atoms with E-state index in [2.05, 4.69) is 4.74 Å². The van der Waals surface area contributed by atoms with Gasteiger partial charge in [-0.15, -0.1) is 0 Å². The van der Waals surface area contributed by atoms with Gasteiger partial charge in [-0.2, -0.15) is 0 Å². The van der Waals surface area contributed by atoms with Gasteiger partial charge in [0.1, 0.15) is 11.4 Å². The van der Waals surface area contributed by atoms with Gasteiger partial charge in [-0.05, 0) is 19.4 Å². The quantitative estimate of drug-likeness (QED) is 0.824. The van der Waals surface area contributed by atoms with E-state index in [1.807, 2.05) is 0 Å². The maximum atomic E-state index is 14.0. The number of hydrogen-bond donors (Lipinski definition) is 1. The zero-order valence-electron chi connectivity index (χ0n) is 10.3. The van der Waals surface area contributed by atoms with Gasteiger partial charge in [0.05, 0.1) is 6.61 Å². The molecule has 0 saturated heterocycles. The number of aliphatic hydroxyl groups is 1. The Labute approximate surface area is 104 Å². The summed E-state index contributed by atoms with van der Waals surface area (Å²) < 4.78 is 32.1. The molecular formula is C13H16F2O3. The predicted octanol–water partition coefficient (Wildman–Crippen LogP) is 2.32. The average molecular weight is 258 g/mol. The van der Waals surface area contributed by atoms with Crippen molar-refractivity contribution in [1.82, 2.24) is 0 Å². The second-order valence-electron chi connectivity index (χ2n) is 3.87. The summed E-state index contributed by atoms with van der Waals surface area (Å²) >= 11 is 0. The minimum Gasteiger partial charge on any atom is -0.464 e. The molecule has 0 aliphatic heterocycles. The van der Waals surface area contributed by atoms with Crippen LogP contribution in [0.25, 0.3) is 0 Å². The molecule has 0 spiro atoms. The van der Waals surface area contributed by atoms with Gasteiger partial charge in [0.15, 0.2) is 0 Å². The van der Waals surface area contributed by atoms with E-state index in [0.29, 0.717) is 0 Å². The molecule has 0 aliphatic carbocycles. The van der Waals surface area contributed by atoms with Gasteiger partial charge < -0.3 is 9.84 Å². The monoisotopic (exact) mass is 258 g/mol. The summed E-state index contributed by atoms with van der Waals surface area (Å²) in [4.78, 5) is 11.4. The minimum atomic E-state index is -2.32. The van der Waals surface area contributed by atoms with Crippen molar-refractivity contribution in [1.29, 1.82) is 0 Å². The first-order valence-corrected chi connectivity index (χ1v) is 5.75. The smallest absolute Gasteiger partial charge is 0.344 e. The number of hydrogen-bond acceptors (Lipinski definition) is 3. The van der Waals surface area contributed by atoms with Gasteiger partial charge >= 0.3 is 5.97 Å². The molecule has 5 heteroatoms. The van der Waals surface area contributed by atoms with Crippen LogP contribution >= 0.6 is 0 Å². The Morgan fingerprint density at radius 2 is 2.06 bits per heavy atom. The largest absolute Gasteiger partial charge is 0.464 e. The van der Waals surface area contributed by atoms with Gasteiger partial charge in [0, 0.05) is 5.56 Å². The van der Waals surface area contributed by atoms with Crippen molar-refractivity contribution < 1.29 is 23.4 Å². The Kier molecular flexibility index (Phi) is 4.78. The zero-order chi connectivity index (χ0) is 13.8. The fraction of sp³-hybridized carbons (Fsp3) is 0.462. The number of benzene rings is 1. The van der Waals surface area contributed by atoms with Gasteiger partial charge in [-0.25, -0.2) is 13.6 Å². The number of carbonyl (C=O) groups excluding carboxylic acids is 1. The molecule has 2 unspecified atom stereocenters. The topological polar surface area (TPSA) is 46.5 Å². The van der Waals surface area contributed by atoms with E-state index in [9.17, 15) is 18.7 Å². The molecule has 2 atom stereocenters. The van der Waals surface area contributed by atoms with Gasteiger partial charge in [-0.1, -0.05) is 25.1 Å². The molecule has 100 valence electrons. The Morgan fingerprint density at radius 3 is 2.56 bits per heavy atom. The fourth-order valence-corrected chi connectivity index (χ4v) is 1.73. The van der Waals surface area contributed by atoms with Crippen LogP contribution in [0.4, 0.5) is 8.78 Å². The molecule has 3 nitrogen and oxygen atoms in total. The van der Waals surface area contributed by atoms with Crippen LogP contribution in [0, 0.1) is 5.82 Å². The Hall–Kier alpha value is -1.49. The molecule has 1 N–H and O–H groups in total. The lowest BCUT2D eigenvalue weighted by Gasteiger charge is -2.29. The summed E-state index contributed by atoms with van der Waals surface area (Å²) in [7, 11) is 0. The molecule has 0 aliphatic rings. The summed E-state index contributed by atoms with van der Waals surface area (Å²) in [6, 6.07) is 5.25. The van der Waals surface area contributed by atoms with E-state index in [1.165, 1.54) is 32.0 Å². The second-order valence-corrected chi connectivity index (χ2v) is 3.87.